The molecule has 2 aliphatic carbocycles. The maximum atomic E-state index is 12.8. The van der Waals surface area contributed by atoms with Gasteiger partial charge in [0.05, 0.1) is 12.3 Å². The molecule has 10 heteroatoms. The van der Waals surface area contributed by atoms with Gasteiger partial charge in [0.15, 0.2) is 11.6 Å². The third-order valence-corrected chi connectivity index (χ3v) is 7.71. The third kappa shape index (κ3) is 4.62. The van der Waals surface area contributed by atoms with Gasteiger partial charge in [0.1, 0.15) is 0 Å². The van der Waals surface area contributed by atoms with E-state index in [1.54, 1.807) is 0 Å². The molecule has 0 amide bonds. The fourth-order valence-electron chi connectivity index (χ4n) is 5.81. The molecular weight excluding hydrogens is 447 g/mol. The van der Waals surface area contributed by atoms with Crippen LogP contribution in [0.1, 0.15) is 57.2 Å². The highest BCUT2D eigenvalue weighted by molar-refractivity contribution is 5.64. The summed E-state index contributed by atoms with van der Waals surface area (Å²) >= 11 is 0. The molecule has 1 aliphatic heterocycles. The molecule has 7 nitrogen and oxygen atoms in total. The van der Waals surface area contributed by atoms with Crippen LogP contribution in [0, 0.1) is 11.8 Å². The Morgan fingerprint density at radius 2 is 1.97 bits per heavy atom. The molecule has 3 aliphatic rings. The van der Waals surface area contributed by atoms with E-state index in [-0.39, 0.29) is 11.9 Å². The fraction of sp³-hybridized carbons (Fsp3) is 0.667. The molecule has 2 aromatic heterocycles. The molecule has 0 spiro atoms. The molecule has 1 saturated heterocycles. The van der Waals surface area contributed by atoms with Crippen LogP contribution in [0.4, 0.5) is 19.0 Å². The van der Waals surface area contributed by atoms with Gasteiger partial charge in [-0.05, 0) is 56.6 Å². The lowest BCUT2D eigenvalue weighted by Gasteiger charge is -2.28. The molecule has 3 fully saturated rings. The van der Waals surface area contributed by atoms with E-state index < -0.39 is 12.1 Å². The maximum Gasteiger partial charge on any atom is 0.573 e. The number of fused-ring (bicyclic) bond motifs is 1. The maximum absolute atomic E-state index is 12.8. The molecule has 34 heavy (non-hydrogen) atoms. The molecule has 2 saturated carbocycles. The monoisotopic (exact) mass is 479 g/mol. The van der Waals surface area contributed by atoms with Crippen LogP contribution in [0.3, 0.4) is 0 Å². The van der Waals surface area contributed by atoms with E-state index in [0.29, 0.717) is 35.1 Å². The summed E-state index contributed by atoms with van der Waals surface area (Å²) in [4.78, 5) is 6.51. The third-order valence-electron chi connectivity index (χ3n) is 7.71. The van der Waals surface area contributed by atoms with Crippen LogP contribution in [0.2, 0.25) is 0 Å². The van der Waals surface area contributed by atoms with Gasteiger partial charge >= 0.3 is 6.36 Å². The lowest BCUT2D eigenvalue weighted by Crippen LogP contribution is -2.36. The number of ether oxygens (including phenoxy) is 2. The summed E-state index contributed by atoms with van der Waals surface area (Å²) in [5, 5.41) is 4.80. The number of nitrogens with two attached hydrogens (primary N) is 1. The predicted molar refractivity (Wildman–Crippen MR) is 121 cm³/mol. The van der Waals surface area contributed by atoms with Crippen molar-refractivity contribution < 1.29 is 22.6 Å². The van der Waals surface area contributed by atoms with Gasteiger partial charge in [-0.15, -0.1) is 13.2 Å². The summed E-state index contributed by atoms with van der Waals surface area (Å²) in [5.41, 5.74) is 7.84. The fourth-order valence-corrected chi connectivity index (χ4v) is 5.81. The highest BCUT2D eigenvalue weighted by Gasteiger charge is 2.58. The van der Waals surface area contributed by atoms with Gasteiger partial charge in [-0.2, -0.15) is 5.10 Å². The number of hydrogen-bond acceptors (Lipinski definition) is 6. The minimum absolute atomic E-state index is 0.191. The topological polar surface area (TPSA) is 78.4 Å². The van der Waals surface area contributed by atoms with E-state index in [1.807, 2.05) is 6.07 Å². The zero-order valence-electron chi connectivity index (χ0n) is 19.6. The van der Waals surface area contributed by atoms with Crippen molar-refractivity contribution in [2.75, 3.05) is 32.0 Å². The molecule has 5 atom stereocenters. The minimum Gasteiger partial charge on any atom is -0.402 e. The zero-order chi connectivity index (χ0) is 24.0. The van der Waals surface area contributed by atoms with Crippen molar-refractivity contribution in [3.05, 3.63) is 24.0 Å². The lowest BCUT2D eigenvalue weighted by atomic mass is 10.0. The summed E-state index contributed by atoms with van der Waals surface area (Å²) in [5.74, 6) is 0.911. The Kier molecular flexibility index (Phi) is 6.22. The Morgan fingerprint density at radius 1 is 1.21 bits per heavy atom. The Bertz CT molecular complexity index is 1010. The van der Waals surface area contributed by atoms with Crippen molar-refractivity contribution >= 4 is 5.82 Å². The number of alkyl halides is 3. The SMILES string of the molecule is CCC(C)n1nc(-c2cnc(N)c(OC(F)(F)F)c2)cc1[C@H]1[C@@H]2CC(N3CCCOCC3)C[C@@H]21. The molecule has 2 aromatic rings. The Labute approximate surface area is 197 Å². The molecule has 186 valence electrons. The van der Waals surface area contributed by atoms with Crippen LogP contribution in [-0.4, -0.2) is 58.4 Å². The standard InChI is InChI=1S/C24H32F3N5O2/c1-3-14(2)32-20(22-17-10-16(11-18(17)22)31-5-4-7-33-8-6-31)12-19(30-32)15-9-21(23(28)29-13-15)34-24(25,26)27/h9,12-14,16-18,22H,3-8,10-11H2,1-2H3,(H2,28,29)/t14?,16?,17-,18+,22+. The van der Waals surface area contributed by atoms with Gasteiger partial charge in [0, 0.05) is 55.2 Å². The van der Waals surface area contributed by atoms with Gasteiger partial charge in [0.2, 0.25) is 0 Å². The first-order chi connectivity index (χ1) is 16.2. The van der Waals surface area contributed by atoms with E-state index in [4.69, 9.17) is 15.6 Å². The molecular formula is C24H32F3N5O2. The highest BCUT2D eigenvalue weighted by atomic mass is 19.4. The van der Waals surface area contributed by atoms with E-state index in [1.165, 1.54) is 30.8 Å². The average Bonchev–Trinajstić information content (AvgIpc) is 3.13. The first kappa shape index (κ1) is 23.4. The van der Waals surface area contributed by atoms with Gasteiger partial charge in [-0.1, -0.05) is 6.92 Å². The second-order valence-corrected chi connectivity index (χ2v) is 9.79. The molecule has 0 aromatic carbocycles. The molecule has 0 bridgehead atoms. The quantitative estimate of drug-likeness (QED) is 0.652. The van der Waals surface area contributed by atoms with E-state index in [9.17, 15) is 13.2 Å². The molecule has 2 N–H and O–H groups in total. The Hall–Kier alpha value is -2.33. The number of pyridine rings is 1. The van der Waals surface area contributed by atoms with Crippen molar-refractivity contribution in [2.45, 2.75) is 63.9 Å². The number of nitrogen functional groups attached to an aromatic ring is 1. The van der Waals surface area contributed by atoms with Crippen molar-refractivity contribution in [1.82, 2.24) is 19.7 Å². The number of anilines is 1. The van der Waals surface area contributed by atoms with Gasteiger partial charge in [0.25, 0.3) is 0 Å². The second kappa shape index (κ2) is 9.03. The minimum atomic E-state index is -4.84. The van der Waals surface area contributed by atoms with E-state index >= 15 is 0 Å². The number of nitrogens with zero attached hydrogens (tertiary/aromatic N) is 4. The summed E-state index contributed by atoms with van der Waals surface area (Å²) in [7, 11) is 0. The van der Waals surface area contributed by atoms with Crippen LogP contribution in [-0.2, 0) is 4.74 Å². The second-order valence-electron chi connectivity index (χ2n) is 9.79. The number of halogens is 3. The average molecular weight is 480 g/mol. The van der Waals surface area contributed by atoms with Crippen molar-refractivity contribution in [2.24, 2.45) is 11.8 Å². The number of aromatic nitrogens is 3. The largest absolute Gasteiger partial charge is 0.573 e. The summed E-state index contributed by atoms with van der Waals surface area (Å²) < 4.78 is 50.1. The van der Waals surface area contributed by atoms with Crippen LogP contribution in [0.25, 0.3) is 11.3 Å². The summed E-state index contributed by atoms with van der Waals surface area (Å²) in [6.07, 6.45) is 0.991. The summed E-state index contributed by atoms with van der Waals surface area (Å²) in [6, 6.07) is 4.11. The molecule has 3 heterocycles. The van der Waals surface area contributed by atoms with Crippen LogP contribution in [0.5, 0.6) is 5.75 Å². The number of hydrogen-bond donors (Lipinski definition) is 1. The van der Waals surface area contributed by atoms with E-state index in [2.05, 4.69) is 33.2 Å². The van der Waals surface area contributed by atoms with E-state index in [0.717, 1.165) is 39.1 Å². The molecule has 5 rings (SSSR count). The highest BCUT2D eigenvalue weighted by Crippen LogP contribution is 2.64. The molecule has 2 unspecified atom stereocenters. The zero-order valence-corrected chi connectivity index (χ0v) is 19.6. The lowest BCUT2D eigenvalue weighted by molar-refractivity contribution is -0.274. The Morgan fingerprint density at radius 3 is 2.68 bits per heavy atom. The van der Waals surface area contributed by atoms with Gasteiger partial charge in [-0.3, -0.25) is 9.58 Å². The summed E-state index contributed by atoms with van der Waals surface area (Å²) in [6.45, 7) is 8.02. The van der Waals surface area contributed by atoms with Crippen LogP contribution < -0.4 is 10.5 Å². The smallest absolute Gasteiger partial charge is 0.402 e. The molecule has 0 radical (unpaired) electrons. The normalized spacial score (nSPS) is 28.4. The van der Waals surface area contributed by atoms with Crippen molar-refractivity contribution in [3.63, 3.8) is 0 Å². The first-order valence-corrected chi connectivity index (χ1v) is 12.2. The Balaban J connectivity index is 1.37. The van der Waals surface area contributed by atoms with Crippen LogP contribution in [0.15, 0.2) is 18.3 Å². The van der Waals surface area contributed by atoms with Gasteiger partial charge in [-0.25, -0.2) is 4.98 Å². The van der Waals surface area contributed by atoms with Crippen molar-refractivity contribution in [3.8, 4) is 17.0 Å². The van der Waals surface area contributed by atoms with Crippen molar-refractivity contribution in [1.29, 1.82) is 0 Å². The number of rotatable bonds is 6. The first-order valence-electron chi connectivity index (χ1n) is 12.2. The predicted octanol–water partition coefficient (Wildman–Crippen LogP) is 4.61. The van der Waals surface area contributed by atoms with Gasteiger partial charge < -0.3 is 15.2 Å². The van der Waals surface area contributed by atoms with Crippen LogP contribution >= 0.6 is 0 Å².